The molecule has 0 saturated heterocycles. The molecular formula is C17H24ClNO2. The van der Waals surface area contributed by atoms with Crippen LogP contribution in [0, 0.1) is 5.92 Å². The quantitative estimate of drug-likeness (QED) is 0.818. The van der Waals surface area contributed by atoms with Gasteiger partial charge in [-0.2, -0.15) is 0 Å². The molecule has 1 aromatic rings. The van der Waals surface area contributed by atoms with Crippen LogP contribution in [0.2, 0.25) is 5.02 Å². The molecule has 1 aromatic carbocycles. The molecule has 3 nitrogen and oxygen atoms in total. The fourth-order valence-electron chi connectivity index (χ4n) is 3.04. The predicted octanol–water partition coefficient (Wildman–Crippen LogP) is 4.83. The van der Waals surface area contributed by atoms with Gasteiger partial charge >= 0.3 is 5.97 Å². The second-order valence-electron chi connectivity index (χ2n) is 6.28. The maximum absolute atomic E-state index is 11.5. The van der Waals surface area contributed by atoms with E-state index < -0.39 is 5.97 Å². The summed E-state index contributed by atoms with van der Waals surface area (Å²) in [7, 11) is 0. The summed E-state index contributed by atoms with van der Waals surface area (Å²) in [5, 5.41) is 10.1. The predicted molar refractivity (Wildman–Crippen MR) is 87.5 cm³/mol. The number of halogens is 1. The van der Waals surface area contributed by atoms with Gasteiger partial charge < -0.3 is 10.0 Å². The lowest BCUT2D eigenvalue weighted by atomic mass is 10.1. The molecule has 116 valence electrons. The maximum Gasteiger partial charge on any atom is 0.337 e. The Hall–Kier alpha value is -1.22. The molecule has 2 rings (SSSR count). The van der Waals surface area contributed by atoms with Crippen molar-refractivity contribution in [2.45, 2.75) is 52.0 Å². The van der Waals surface area contributed by atoms with Gasteiger partial charge in [-0.15, -0.1) is 0 Å². The monoisotopic (exact) mass is 309 g/mol. The number of anilines is 1. The van der Waals surface area contributed by atoms with Crippen molar-refractivity contribution in [2.24, 2.45) is 5.92 Å². The lowest BCUT2D eigenvalue weighted by molar-refractivity contribution is 0.0697. The number of aromatic carboxylic acids is 1. The molecule has 4 heteroatoms. The average Bonchev–Trinajstić information content (AvgIpc) is 2.92. The molecule has 0 unspecified atom stereocenters. The minimum absolute atomic E-state index is 0.357. The Morgan fingerprint density at radius 3 is 2.62 bits per heavy atom. The van der Waals surface area contributed by atoms with Crippen LogP contribution in [0.1, 0.15) is 56.3 Å². The van der Waals surface area contributed by atoms with E-state index in [0.29, 0.717) is 22.5 Å². The SMILES string of the molecule is CC(C)CCN(c1cc(Cl)ccc1C(=O)O)C1CCCC1. The molecule has 0 heterocycles. The number of carboxylic acid groups (broad SMARTS) is 1. The van der Waals surface area contributed by atoms with E-state index in [1.165, 1.54) is 12.8 Å². The molecule has 1 fully saturated rings. The first-order valence-corrected chi connectivity index (χ1v) is 8.16. The first-order chi connectivity index (χ1) is 9.99. The van der Waals surface area contributed by atoms with Crippen LogP contribution in [0.5, 0.6) is 0 Å². The van der Waals surface area contributed by atoms with Gasteiger partial charge in [-0.05, 0) is 43.4 Å². The van der Waals surface area contributed by atoms with Gasteiger partial charge in [0.15, 0.2) is 0 Å². The molecule has 0 aliphatic heterocycles. The highest BCUT2D eigenvalue weighted by Gasteiger charge is 2.26. The summed E-state index contributed by atoms with van der Waals surface area (Å²) in [6.07, 6.45) is 5.80. The highest BCUT2D eigenvalue weighted by atomic mass is 35.5. The van der Waals surface area contributed by atoms with Gasteiger partial charge in [-0.1, -0.05) is 38.3 Å². The van der Waals surface area contributed by atoms with Crippen LogP contribution in [0.4, 0.5) is 5.69 Å². The zero-order valence-corrected chi connectivity index (χ0v) is 13.6. The van der Waals surface area contributed by atoms with Crippen molar-refractivity contribution in [2.75, 3.05) is 11.4 Å². The van der Waals surface area contributed by atoms with E-state index in [0.717, 1.165) is 31.5 Å². The third kappa shape index (κ3) is 4.13. The van der Waals surface area contributed by atoms with Gasteiger partial charge in [0, 0.05) is 17.6 Å². The molecule has 0 spiro atoms. The number of carbonyl (C=O) groups is 1. The van der Waals surface area contributed by atoms with Crippen molar-refractivity contribution < 1.29 is 9.90 Å². The molecule has 1 aliphatic rings. The lowest BCUT2D eigenvalue weighted by Gasteiger charge is -2.33. The maximum atomic E-state index is 11.5. The number of nitrogens with zero attached hydrogens (tertiary/aromatic N) is 1. The molecule has 1 saturated carbocycles. The van der Waals surface area contributed by atoms with Crippen LogP contribution >= 0.6 is 11.6 Å². The van der Waals surface area contributed by atoms with Crippen molar-refractivity contribution in [3.63, 3.8) is 0 Å². The molecule has 0 aromatic heterocycles. The Labute approximate surface area is 131 Å². The van der Waals surface area contributed by atoms with E-state index in [9.17, 15) is 9.90 Å². The average molecular weight is 310 g/mol. The van der Waals surface area contributed by atoms with Crippen LogP contribution in [0.25, 0.3) is 0 Å². The summed E-state index contributed by atoms with van der Waals surface area (Å²) in [6.45, 7) is 5.29. The highest BCUT2D eigenvalue weighted by molar-refractivity contribution is 6.31. The number of carboxylic acids is 1. The summed E-state index contributed by atoms with van der Waals surface area (Å²) in [5.74, 6) is -0.282. The summed E-state index contributed by atoms with van der Waals surface area (Å²) in [5.41, 5.74) is 1.14. The second kappa shape index (κ2) is 7.17. The van der Waals surface area contributed by atoms with Crippen LogP contribution < -0.4 is 4.90 Å². The number of rotatable bonds is 6. The summed E-state index contributed by atoms with van der Waals surface area (Å²) in [6, 6.07) is 5.53. The molecule has 0 amide bonds. The van der Waals surface area contributed by atoms with Gasteiger partial charge in [-0.25, -0.2) is 4.79 Å². The molecule has 1 aliphatic carbocycles. The second-order valence-corrected chi connectivity index (χ2v) is 6.72. The Kier molecular flexibility index (Phi) is 5.51. The molecular weight excluding hydrogens is 286 g/mol. The van der Waals surface area contributed by atoms with E-state index in [4.69, 9.17) is 11.6 Å². The zero-order chi connectivity index (χ0) is 15.4. The minimum atomic E-state index is -0.880. The topological polar surface area (TPSA) is 40.5 Å². The number of hydrogen-bond donors (Lipinski definition) is 1. The largest absolute Gasteiger partial charge is 0.478 e. The Morgan fingerprint density at radius 2 is 2.05 bits per heavy atom. The third-order valence-corrected chi connectivity index (χ3v) is 4.45. The third-order valence-electron chi connectivity index (χ3n) is 4.21. The Balaban J connectivity index is 2.34. The van der Waals surface area contributed by atoms with Gasteiger partial charge in [0.2, 0.25) is 0 Å². The first-order valence-electron chi connectivity index (χ1n) is 7.78. The lowest BCUT2D eigenvalue weighted by Crippen LogP contribution is -2.35. The van der Waals surface area contributed by atoms with E-state index in [1.807, 2.05) is 6.07 Å². The molecule has 0 radical (unpaired) electrons. The Morgan fingerprint density at radius 1 is 1.38 bits per heavy atom. The van der Waals surface area contributed by atoms with Crippen molar-refractivity contribution >= 4 is 23.3 Å². The molecule has 1 N–H and O–H groups in total. The zero-order valence-electron chi connectivity index (χ0n) is 12.8. The van der Waals surface area contributed by atoms with E-state index in [2.05, 4.69) is 18.7 Å². The van der Waals surface area contributed by atoms with Crippen molar-refractivity contribution in [1.82, 2.24) is 0 Å². The smallest absolute Gasteiger partial charge is 0.337 e. The summed E-state index contributed by atoms with van der Waals surface area (Å²) in [4.78, 5) is 13.8. The fourth-order valence-corrected chi connectivity index (χ4v) is 3.20. The minimum Gasteiger partial charge on any atom is -0.478 e. The van der Waals surface area contributed by atoms with Crippen molar-refractivity contribution in [3.8, 4) is 0 Å². The van der Waals surface area contributed by atoms with E-state index >= 15 is 0 Å². The van der Waals surface area contributed by atoms with E-state index in [1.54, 1.807) is 12.1 Å². The van der Waals surface area contributed by atoms with E-state index in [-0.39, 0.29) is 0 Å². The van der Waals surface area contributed by atoms with Crippen LogP contribution in [-0.4, -0.2) is 23.7 Å². The normalized spacial score (nSPS) is 15.6. The van der Waals surface area contributed by atoms with Crippen molar-refractivity contribution in [3.05, 3.63) is 28.8 Å². The Bertz CT molecular complexity index is 496. The summed E-state index contributed by atoms with van der Waals surface area (Å²) >= 11 is 6.12. The summed E-state index contributed by atoms with van der Waals surface area (Å²) < 4.78 is 0. The van der Waals surface area contributed by atoms with Gasteiger partial charge in [-0.3, -0.25) is 0 Å². The van der Waals surface area contributed by atoms with Gasteiger partial charge in [0.1, 0.15) is 0 Å². The molecule has 21 heavy (non-hydrogen) atoms. The first kappa shape index (κ1) is 16.2. The standard InChI is InChI=1S/C17H24ClNO2/c1-12(2)9-10-19(14-5-3-4-6-14)16-11-13(18)7-8-15(16)17(20)21/h7-8,11-12,14H,3-6,9-10H2,1-2H3,(H,20,21). The highest BCUT2D eigenvalue weighted by Crippen LogP contribution is 2.33. The van der Waals surface area contributed by atoms with Crippen LogP contribution in [0.3, 0.4) is 0 Å². The van der Waals surface area contributed by atoms with Crippen LogP contribution in [-0.2, 0) is 0 Å². The van der Waals surface area contributed by atoms with Gasteiger partial charge in [0.25, 0.3) is 0 Å². The number of benzene rings is 1. The van der Waals surface area contributed by atoms with Gasteiger partial charge in [0.05, 0.1) is 11.3 Å². The molecule has 0 bridgehead atoms. The molecule has 0 atom stereocenters. The number of hydrogen-bond acceptors (Lipinski definition) is 2. The van der Waals surface area contributed by atoms with Crippen molar-refractivity contribution in [1.29, 1.82) is 0 Å². The fraction of sp³-hybridized carbons (Fsp3) is 0.588. The van der Waals surface area contributed by atoms with Crippen LogP contribution in [0.15, 0.2) is 18.2 Å².